The first-order valence-electron chi connectivity index (χ1n) is 8.76. The van der Waals surface area contributed by atoms with E-state index in [2.05, 4.69) is 5.32 Å². The summed E-state index contributed by atoms with van der Waals surface area (Å²) in [5, 5.41) is 2.32. The van der Waals surface area contributed by atoms with Crippen LogP contribution in [0.25, 0.3) is 11.0 Å². The molecule has 26 heavy (non-hydrogen) atoms. The van der Waals surface area contributed by atoms with Crippen molar-refractivity contribution < 1.29 is 9.59 Å². The molecule has 3 N–H and O–H groups in total. The number of imidazole rings is 1. The van der Waals surface area contributed by atoms with Crippen LogP contribution in [0.2, 0.25) is 0 Å². The molecule has 1 aliphatic heterocycles. The van der Waals surface area contributed by atoms with Gasteiger partial charge in [0.25, 0.3) is 0 Å². The highest BCUT2D eigenvalue weighted by atomic mass is 35.5. The third kappa shape index (κ3) is 3.83. The Kier molecular flexibility index (Phi) is 6.61. The van der Waals surface area contributed by atoms with E-state index in [1.807, 2.05) is 18.2 Å². The van der Waals surface area contributed by atoms with Crippen LogP contribution in [0.15, 0.2) is 23.0 Å². The van der Waals surface area contributed by atoms with E-state index in [0.717, 1.165) is 36.7 Å². The lowest BCUT2D eigenvalue weighted by Crippen LogP contribution is -2.44. The van der Waals surface area contributed by atoms with Crippen LogP contribution in [-0.2, 0) is 23.1 Å². The van der Waals surface area contributed by atoms with Gasteiger partial charge < -0.3 is 5.73 Å². The Morgan fingerprint density at radius 3 is 2.62 bits per heavy atom. The molecular formula is C18H25ClN4O3. The molecule has 8 heteroatoms. The molecule has 1 aromatic carbocycles. The molecule has 1 aromatic heterocycles. The summed E-state index contributed by atoms with van der Waals surface area (Å²) in [4.78, 5) is 36.2. The van der Waals surface area contributed by atoms with Crippen molar-refractivity contribution in [3.05, 3.63) is 34.2 Å². The molecule has 2 aromatic rings. The van der Waals surface area contributed by atoms with Crippen molar-refractivity contribution in [1.29, 1.82) is 0 Å². The molecule has 1 aliphatic rings. The number of aryl methyl sites for hydroxylation is 2. The maximum absolute atomic E-state index is 12.7. The molecule has 3 rings (SSSR count). The number of aromatic nitrogens is 2. The molecule has 7 nitrogen and oxygen atoms in total. The molecule has 142 valence electrons. The topological polar surface area (TPSA) is 99.1 Å². The van der Waals surface area contributed by atoms with Crippen LogP contribution in [0.1, 0.15) is 43.7 Å². The summed E-state index contributed by atoms with van der Waals surface area (Å²) < 4.78 is 3.08. The van der Waals surface area contributed by atoms with Crippen molar-refractivity contribution in [2.45, 2.75) is 44.6 Å². The third-order valence-corrected chi connectivity index (χ3v) is 4.85. The molecule has 0 saturated carbocycles. The number of rotatable bonds is 6. The van der Waals surface area contributed by atoms with Crippen LogP contribution in [0.4, 0.5) is 0 Å². The van der Waals surface area contributed by atoms with Crippen LogP contribution >= 0.6 is 12.4 Å². The van der Waals surface area contributed by atoms with Gasteiger partial charge in [-0.25, -0.2) is 4.79 Å². The first-order chi connectivity index (χ1) is 12.0. The minimum absolute atomic E-state index is 0. The number of nitrogens with one attached hydrogen (secondary N) is 1. The lowest BCUT2D eigenvalue weighted by molar-refractivity contribution is -0.135. The van der Waals surface area contributed by atoms with Crippen LogP contribution in [0.3, 0.4) is 0 Å². The van der Waals surface area contributed by atoms with Crippen LogP contribution in [-0.4, -0.2) is 27.5 Å². The Hall–Kier alpha value is -2.12. The smallest absolute Gasteiger partial charge is 0.329 e. The Morgan fingerprint density at radius 2 is 1.92 bits per heavy atom. The minimum Gasteiger partial charge on any atom is -0.330 e. The normalized spacial score (nSPS) is 17.2. The van der Waals surface area contributed by atoms with E-state index in [4.69, 9.17) is 5.73 Å². The fraction of sp³-hybridized carbons (Fsp3) is 0.500. The van der Waals surface area contributed by atoms with Gasteiger partial charge in [-0.1, -0.05) is 12.5 Å². The average Bonchev–Trinajstić information content (AvgIpc) is 2.83. The van der Waals surface area contributed by atoms with Crippen molar-refractivity contribution in [3.8, 4) is 0 Å². The predicted molar refractivity (Wildman–Crippen MR) is 102 cm³/mol. The van der Waals surface area contributed by atoms with Gasteiger partial charge in [-0.15, -0.1) is 12.4 Å². The van der Waals surface area contributed by atoms with Crippen molar-refractivity contribution in [2.75, 3.05) is 6.54 Å². The van der Waals surface area contributed by atoms with Gasteiger partial charge in [0.1, 0.15) is 6.04 Å². The molecule has 1 unspecified atom stereocenters. The van der Waals surface area contributed by atoms with E-state index in [-0.39, 0.29) is 30.4 Å². The quantitative estimate of drug-likeness (QED) is 0.584. The van der Waals surface area contributed by atoms with Gasteiger partial charge in [-0.3, -0.25) is 24.0 Å². The largest absolute Gasteiger partial charge is 0.330 e. The fourth-order valence-electron chi connectivity index (χ4n) is 3.44. The zero-order valence-corrected chi connectivity index (χ0v) is 15.7. The number of imide groups is 1. The SMILES string of the molecule is Cl.Cn1c(=O)n(C2CCC(=O)NC2=O)c2ccc(CCCCCN)cc21. The average molecular weight is 381 g/mol. The van der Waals surface area contributed by atoms with Crippen LogP contribution in [0, 0.1) is 0 Å². The summed E-state index contributed by atoms with van der Waals surface area (Å²) >= 11 is 0. The lowest BCUT2D eigenvalue weighted by Gasteiger charge is -2.21. The summed E-state index contributed by atoms with van der Waals surface area (Å²) in [6.45, 7) is 0.711. The van der Waals surface area contributed by atoms with Crippen molar-refractivity contribution in [2.24, 2.45) is 12.8 Å². The van der Waals surface area contributed by atoms with Crippen molar-refractivity contribution in [3.63, 3.8) is 0 Å². The highest BCUT2D eigenvalue weighted by molar-refractivity contribution is 6.00. The second kappa shape index (κ2) is 8.51. The summed E-state index contributed by atoms with van der Waals surface area (Å²) in [5.74, 6) is -0.689. The molecule has 0 radical (unpaired) electrons. The lowest BCUT2D eigenvalue weighted by atomic mass is 10.0. The Labute approximate surface area is 157 Å². The van der Waals surface area contributed by atoms with Gasteiger partial charge >= 0.3 is 5.69 Å². The molecule has 1 atom stereocenters. The third-order valence-electron chi connectivity index (χ3n) is 4.85. The van der Waals surface area contributed by atoms with E-state index < -0.39 is 11.9 Å². The monoisotopic (exact) mass is 380 g/mol. The maximum atomic E-state index is 12.7. The van der Waals surface area contributed by atoms with E-state index in [1.165, 1.54) is 10.1 Å². The van der Waals surface area contributed by atoms with Gasteiger partial charge in [0.05, 0.1) is 11.0 Å². The Morgan fingerprint density at radius 1 is 1.15 bits per heavy atom. The standard InChI is InChI=1S/C18H24N4O3.ClH/c1-21-15-11-12(5-3-2-4-10-19)6-7-13(15)22(18(21)25)14-8-9-16(23)20-17(14)24;/h6-7,11,14H,2-5,8-10,19H2,1H3,(H,20,23,24);1H. The number of nitrogens with two attached hydrogens (primary N) is 1. The van der Waals surface area contributed by atoms with Gasteiger partial charge in [-0.2, -0.15) is 0 Å². The minimum atomic E-state index is -0.635. The number of carbonyl (C=O) groups excluding carboxylic acids is 2. The van der Waals surface area contributed by atoms with Gasteiger partial charge in [0.15, 0.2) is 0 Å². The first-order valence-corrected chi connectivity index (χ1v) is 8.76. The summed E-state index contributed by atoms with van der Waals surface area (Å²) in [5.41, 5.74) is 7.99. The molecule has 0 spiro atoms. The number of carbonyl (C=O) groups is 2. The zero-order valence-electron chi connectivity index (χ0n) is 14.9. The number of fused-ring (bicyclic) bond motifs is 1. The zero-order chi connectivity index (χ0) is 18.0. The number of benzene rings is 1. The summed E-state index contributed by atoms with van der Waals surface area (Å²) in [7, 11) is 1.71. The van der Waals surface area contributed by atoms with E-state index >= 15 is 0 Å². The Balaban J connectivity index is 0.00000243. The number of nitrogens with zero attached hydrogens (tertiary/aromatic N) is 2. The second-order valence-electron chi connectivity index (χ2n) is 6.60. The molecule has 0 bridgehead atoms. The highest BCUT2D eigenvalue weighted by Crippen LogP contribution is 2.24. The Bertz CT molecular complexity index is 871. The molecule has 2 amide bonds. The number of hydrogen-bond donors (Lipinski definition) is 2. The summed E-state index contributed by atoms with van der Waals surface area (Å²) in [6, 6.07) is 5.29. The van der Waals surface area contributed by atoms with Gasteiger partial charge in [-0.05, 0) is 49.9 Å². The van der Waals surface area contributed by atoms with E-state index in [1.54, 1.807) is 11.6 Å². The van der Waals surface area contributed by atoms with E-state index in [0.29, 0.717) is 13.0 Å². The number of unbranched alkanes of at least 4 members (excludes halogenated alkanes) is 2. The molecule has 2 heterocycles. The number of halogens is 1. The van der Waals surface area contributed by atoms with Crippen LogP contribution < -0.4 is 16.7 Å². The van der Waals surface area contributed by atoms with Crippen LogP contribution in [0.5, 0.6) is 0 Å². The first kappa shape index (κ1) is 20.2. The fourth-order valence-corrected chi connectivity index (χ4v) is 3.44. The van der Waals surface area contributed by atoms with E-state index in [9.17, 15) is 14.4 Å². The molecular weight excluding hydrogens is 356 g/mol. The molecule has 1 saturated heterocycles. The maximum Gasteiger partial charge on any atom is 0.329 e. The van der Waals surface area contributed by atoms with Gasteiger partial charge in [0.2, 0.25) is 11.8 Å². The second-order valence-corrected chi connectivity index (χ2v) is 6.60. The van der Waals surface area contributed by atoms with Gasteiger partial charge in [0, 0.05) is 13.5 Å². The van der Waals surface area contributed by atoms with Crippen molar-refractivity contribution >= 4 is 35.3 Å². The number of piperidine rings is 1. The molecule has 0 aliphatic carbocycles. The number of hydrogen-bond acceptors (Lipinski definition) is 4. The van der Waals surface area contributed by atoms with Crippen molar-refractivity contribution in [1.82, 2.24) is 14.5 Å². The summed E-state index contributed by atoms with van der Waals surface area (Å²) in [6.07, 6.45) is 4.71. The molecule has 1 fully saturated rings. The predicted octanol–water partition coefficient (Wildman–Crippen LogP) is 1.41. The highest BCUT2D eigenvalue weighted by Gasteiger charge is 2.31. The number of amides is 2.